The van der Waals surface area contributed by atoms with Crippen molar-refractivity contribution < 1.29 is 0 Å². The molecular formula is C18H14N8OS. The normalized spacial score (nSPS) is 11.3. The lowest BCUT2D eigenvalue weighted by atomic mass is 10.3. The fourth-order valence-corrected chi connectivity index (χ4v) is 3.65. The van der Waals surface area contributed by atoms with Gasteiger partial charge in [0.25, 0.3) is 5.56 Å². The van der Waals surface area contributed by atoms with E-state index in [-0.39, 0.29) is 5.56 Å². The number of H-pyrrole nitrogens is 2. The highest BCUT2D eigenvalue weighted by Gasteiger charge is 2.13. The molecule has 0 aliphatic rings. The molecule has 0 bridgehead atoms. The van der Waals surface area contributed by atoms with Gasteiger partial charge in [-0.2, -0.15) is 9.36 Å². The van der Waals surface area contributed by atoms with Crippen molar-refractivity contribution in [3.8, 4) is 11.6 Å². The van der Waals surface area contributed by atoms with Crippen molar-refractivity contribution in [2.75, 3.05) is 0 Å². The zero-order chi connectivity index (χ0) is 18.9. The topological polar surface area (TPSA) is 110 Å². The van der Waals surface area contributed by atoms with Crippen molar-refractivity contribution in [3.63, 3.8) is 0 Å². The first-order valence-corrected chi connectivity index (χ1v) is 9.49. The summed E-state index contributed by atoms with van der Waals surface area (Å²) in [6.45, 7) is 0. The van der Waals surface area contributed by atoms with Crippen molar-refractivity contribution in [1.29, 1.82) is 0 Å². The van der Waals surface area contributed by atoms with Gasteiger partial charge in [0.2, 0.25) is 11.1 Å². The number of tetrazole rings is 1. The second-order valence-corrected chi connectivity index (χ2v) is 6.97. The first kappa shape index (κ1) is 16.5. The van der Waals surface area contributed by atoms with E-state index in [0.29, 0.717) is 16.9 Å². The zero-order valence-corrected chi connectivity index (χ0v) is 15.3. The van der Waals surface area contributed by atoms with Crippen molar-refractivity contribution in [2.24, 2.45) is 0 Å². The monoisotopic (exact) mass is 390 g/mol. The summed E-state index contributed by atoms with van der Waals surface area (Å²) < 4.78 is 3.06. The van der Waals surface area contributed by atoms with E-state index >= 15 is 0 Å². The molecule has 0 saturated heterocycles. The summed E-state index contributed by atoms with van der Waals surface area (Å²) in [6, 6.07) is 18.8. The molecule has 0 aliphatic heterocycles. The lowest BCUT2D eigenvalue weighted by Gasteiger charge is -2.03. The number of fused-ring (bicyclic) bond motifs is 1. The van der Waals surface area contributed by atoms with Gasteiger partial charge in [-0.15, -0.1) is 5.10 Å². The Hall–Kier alpha value is -3.66. The van der Waals surface area contributed by atoms with Crippen LogP contribution < -0.4 is 5.56 Å². The van der Waals surface area contributed by atoms with Gasteiger partial charge in [-0.3, -0.25) is 9.89 Å². The van der Waals surface area contributed by atoms with Crippen LogP contribution in [0, 0.1) is 0 Å². The van der Waals surface area contributed by atoms with E-state index in [2.05, 4.69) is 30.6 Å². The Bertz CT molecular complexity index is 1270. The Morgan fingerprint density at radius 2 is 1.86 bits per heavy atom. The zero-order valence-electron chi connectivity index (χ0n) is 14.5. The van der Waals surface area contributed by atoms with Crippen LogP contribution in [0.1, 0.15) is 5.69 Å². The molecule has 0 unspecified atom stereocenters. The van der Waals surface area contributed by atoms with Gasteiger partial charge >= 0.3 is 0 Å². The second-order valence-electron chi connectivity index (χ2n) is 6.03. The van der Waals surface area contributed by atoms with Crippen LogP contribution in [0.25, 0.3) is 22.7 Å². The number of imidazole rings is 1. The average Bonchev–Trinajstić information content (AvgIpc) is 3.44. The molecule has 0 aliphatic carbocycles. The van der Waals surface area contributed by atoms with Crippen LogP contribution in [0.15, 0.2) is 70.6 Å². The van der Waals surface area contributed by atoms with E-state index in [1.165, 1.54) is 16.4 Å². The molecule has 5 aromatic rings. The maximum Gasteiger partial charge on any atom is 0.274 e. The Kier molecular flexibility index (Phi) is 4.02. The molecule has 0 fully saturated rings. The SMILES string of the molecule is O=c1cc(CSc2nnnn2-c2ccccc2)[nH]n1-c1nc2ccccc2[nH]1. The van der Waals surface area contributed by atoms with Crippen LogP contribution in [-0.4, -0.2) is 40.0 Å². The quantitative estimate of drug-likeness (QED) is 0.446. The molecule has 5 rings (SSSR count). The maximum absolute atomic E-state index is 12.4. The predicted octanol–water partition coefficient (Wildman–Crippen LogP) is 2.31. The average molecular weight is 390 g/mol. The number of hydrogen-bond donors (Lipinski definition) is 2. The highest BCUT2D eigenvalue weighted by Crippen LogP contribution is 2.21. The summed E-state index contributed by atoms with van der Waals surface area (Å²) in [4.78, 5) is 20.0. The number of para-hydroxylation sites is 3. The van der Waals surface area contributed by atoms with Crippen LogP contribution in [-0.2, 0) is 5.75 Å². The number of thioether (sulfide) groups is 1. The first-order valence-electron chi connectivity index (χ1n) is 8.50. The molecule has 10 heteroatoms. The van der Waals surface area contributed by atoms with Crippen molar-refractivity contribution in [2.45, 2.75) is 10.9 Å². The first-order chi connectivity index (χ1) is 13.8. The number of nitrogens with zero attached hydrogens (tertiary/aromatic N) is 6. The smallest absolute Gasteiger partial charge is 0.274 e. The molecule has 28 heavy (non-hydrogen) atoms. The Morgan fingerprint density at radius 3 is 2.71 bits per heavy atom. The number of hydrogen-bond acceptors (Lipinski definition) is 6. The van der Waals surface area contributed by atoms with Gasteiger partial charge in [-0.05, 0) is 34.7 Å². The molecule has 3 heterocycles. The highest BCUT2D eigenvalue weighted by molar-refractivity contribution is 7.98. The van der Waals surface area contributed by atoms with Crippen LogP contribution in [0.4, 0.5) is 0 Å². The number of benzene rings is 2. The van der Waals surface area contributed by atoms with E-state index in [1.54, 1.807) is 10.7 Å². The minimum atomic E-state index is -0.183. The summed E-state index contributed by atoms with van der Waals surface area (Å²) in [5, 5.41) is 15.6. The van der Waals surface area contributed by atoms with Gasteiger partial charge < -0.3 is 4.98 Å². The van der Waals surface area contributed by atoms with E-state index in [0.717, 1.165) is 22.4 Å². The van der Waals surface area contributed by atoms with Crippen molar-refractivity contribution in [3.05, 3.63) is 76.7 Å². The van der Waals surface area contributed by atoms with Crippen LogP contribution in [0.5, 0.6) is 0 Å². The Labute approximate surface area is 162 Å². The lowest BCUT2D eigenvalue weighted by molar-refractivity contribution is 0.755. The third-order valence-corrected chi connectivity index (χ3v) is 5.13. The molecule has 138 valence electrons. The summed E-state index contributed by atoms with van der Waals surface area (Å²) in [7, 11) is 0. The van der Waals surface area contributed by atoms with Gasteiger partial charge in [0.1, 0.15) is 0 Å². The molecular weight excluding hydrogens is 376 g/mol. The fraction of sp³-hybridized carbons (Fsp3) is 0.0556. The Morgan fingerprint density at radius 1 is 1.04 bits per heavy atom. The van der Waals surface area contributed by atoms with Gasteiger partial charge in [-0.1, -0.05) is 42.1 Å². The summed E-state index contributed by atoms with van der Waals surface area (Å²) in [6.07, 6.45) is 0. The molecule has 0 radical (unpaired) electrons. The lowest BCUT2D eigenvalue weighted by Crippen LogP contribution is -2.14. The van der Waals surface area contributed by atoms with Crippen LogP contribution in [0.2, 0.25) is 0 Å². The third-order valence-electron chi connectivity index (χ3n) is 4.16. The van der Waals surface area contributed by atoms with E-state index in [4.69, 9.17) is 0 Å². The summed E-state index contributed by atoms with van der Waals surface area (Å²) in [5.74, 6) is 0.965. The van der Waals surface area contributed by atoms with Crippen molar-refractivity contribution >= 4 is 22.8 Å². The van der Waals surface area contributed by atoms with Crippen molar-refractivity contribution in [1.82, 2.24) is 40.0 Å². The second kappa shape index (κ2) is 6.82. The number of aromatic amines is 2. The number of rotatable bonds is 5. The van der Waals surface area contributed by atoms with Crippen LogP contribution >= 0.6 is 11.8 Å². The van der Waals surface area contributed by atoms with E-state index in [1.807, 2.05) is 54.6 Å². The molecule has 3 aromatic heterocycles. The van der Waals surface area contributed by atoms with Gasteiger partial charge in [0.05, 0.1) is 16.7 Å². The molecule has 0 amide bonds. The molecule has 9 nitrogen and oxygen atoms in total. The minimum Gasteiger partial charge on any atom is -0.322 e. The maximum atomic E-state index is 12.4. The van der Waals surface area contributed by atoms with Crippen LogP contribution in [0.3, 0.4) is 0 Å². The van der Waals surface area contributed by atoms with Gasteiger partial charge in [0.15, 0.2) is 0 Å². The predicted molar refractivity (Wildman–Crippen MR) is 105 cm³/mol. The largest absolute Gasteiger partial charge is 0.322 e. The summed E-state index contributed by atoms with van der Waals surface area (Å²) >= 11 is 1.44. The Balaban J connectivity index is 1.39. The molecule has 2 aromatic carbocycles. The fourth-order valence-electron chi connectivity index (χ4n) is 2.86. The number of nitrogens with one attached hydrogen (secondary N) is 2. The third kappa shape index (κ3) is 2.99. The molecule has 2 N–H and O–H groups in total. The van der Waals surface area contributed by atoms with E-state index < -0.39 is 0 Å². The van der Waals surface area contributed by atoms with E-state index in [9.17, 15) is 4.79 Å². The number of aromatic nitrogens is 8. The highest BCUT2D eigenvalue weighted by atomic mass is 32.2. The standard InChI is InChI=1S/C18H14N8OS/c27-16-10-12(22-26(16)17-19-14-8-4-5-9-15(14)20-17)11-28-18-21-23-24-25(18)13-6-2-1-3-7-13/h1-10,22H,11H2,(H,19,20). The van der Waals surface area contributed by atoms with Gasteiger partial charge in [0, 0.05) is 17.5 Å². The molecule has 0 spiro atoms. The molecule has 0 saturated carbocycles. The summed E-state index contributed by atoms with van der Waals surface area (Å²) in [5.41, 5.74) is 3.12. The molecule has 0 atom stereocenters. The van der Waals surface area contributed by atoms with Gasteiger partial charge in [-0.25, -0.2) is 4.98 Å². The minimum absolute atomic E-state index is 0.183.